The first kappa shape index (κ1) is 15.6. The number of alkyl halides is 1. The van der Waals surface area contributed by atoms with Gasteiger partial charge in [0.2, 0.25) is 0 Å². The molecule has 0 amide bonds. The lowest BCUT2D eigenvalue weighted by atomic mass is 10.2. The lowest BCUT2D eigenvalue weighted by molar-refractivity contribution is 0.278. The molecular weight excluding hydrogens is 409 g/mol. The van der Waals surface area contributed by atoms with Gasteiger partial charge in [-0.25, -0.2) is 0 Å². The largest absolute Gasteiger partial charge is 0.493 e. The Morgan fingerprint density at radius 1 is 1.25 bits per heavy atom. The van der Waals surface area contributed by atoms with Crippen molar-refractivity contribution in [3.63, 3.8) is 0 Å². The first-order chi connectivity index (χ1) is 9.63. The van der Waals surface area contributed by atoms with E-state index in [2.05, 4.69) is 36.8 Å². The monoisotopic (exact) mass is 419 g/mol. The molecule has 1 heterocycles. The second-order valence-electron chi connectivity index (χ2n) is 4.00. The molecule has 6 heteroatoms. The number of halogens is 3. The van der Waals surface area contributed by atoms with Crippen molar-refractivity contribution in [1.29, 1.82) is 0 Å². The Labute approximate surface area is 139 Å². The van der Waals surface area contributed by atoms with Gasteiger partial charge in [0.1, 0.15) is 6.61 Å². The van der Waals surface area contributed by atoms with Crippen molar-refractivity contribution < 1.29 is 9.47 Å². The molecule has 0 aliphatic heterocycles. The molecule has 0 unspecified atom stereocenters. The zero-order valence-corrected chi connectivity index (χ0v) is 14.6. The number of pyridine rings is 1. The SMILES string of the molecule is COc1cc(CCl)cc(Br)c1OCc1ccc(Br)cn1. The van der Waals surface area contributed by atoms with Gasteiger partial charge in [-0.1, -0.05) is 0 Å². The van der Waals surface area contributed by atoms with Gasteiger partial charge in [-0.15, -0.1) is 11.6 Å². The Balaban J connectivity index is 2.18. The number of methoxy groups -OCH3 is 1. The Bertz CT molecular complexity index is 590. The molecule has 1 aromatic carbocycles. The van der Waals surface area contributed by atoms with E-state index in [1.807, 2.05) is 24.3 Å². The summed E-state index contributed by atoms with van der Waals surface area (Å²) in [5, 5.41) is 0. The number of nitrogens with zero attached hydrogens (tertiary/aromatic N) is 1. The van der Waals surface area contributed by atoms with Gasteiger partial charge < -0.3 is 9.47 Å². The van der Waals surface area contributed by atoms with E-state index in [1.165, 1.54) is 0 Å². The molecule has 0 atom stereocenters. The second-order valence-corrected chi connectivity index (χ2v) is 6.04. The third-order valence-electron chi connectivity index (χ3n) is 2.60. The predicted octanol–water partition coefficient (Wildman–Crippen LogP) is 4.93. The van der Waals surface area contributed by atoms with Crippen molar-refractivity contribution in [1.82, 2.24) is 4.98 Å². The van der Waals surface area contributed by atoms with Crippen LogP contribution in [0.4, 0.5) is 0 Å². The molecule has 0 saturated heterocycles. The molecule has 2 rings (SSSR count). The van der Waals surface area contributed by atoms with E-state index in [4.69, 9.17) is 21.1 Å². The predicted molar refractivity (Wildman–Crippen MR) is 86.5 cm³/mol. The summed E-state index contributed by atoms with van der Waals surface area (Å²) in [7, 11) is 1.60. The number of hydrogen-bond acceptors (Lipinski definition) is 3. The van der Waals surface area contributed by atoms with E-state index in [0.29, 0.717) is 24.0 Å². The lowest BCUT2D eigenvalue weighted by Crippen LogP contribution is -2.01. The highest BCUT2D eigenvalue weighted by molar-refractivity contribution is 9.10. The summed E-state index contributed by atoms with van der Waals surface area (Å²) in [6.45, 7) is 0.364. The molecule has 0 fully saturated rings. The van der Waals surface area contributed by atoms with Crippen molar-refractivity contribution in [2.45, 2.75) is 12.5 Å². The molecule has 3 nitrogen and oxygen atoms in total. The zero-order valence-electron chi connectivity index (χ0n) is 10.7. The first-order valence-electron chi connectivity index (χ1n) is 5.79. The third-order valence-corrected chi connectivity index (χ3v) is 3.96. The van der Waals surface area contributed by atoms with E-state index in [9.17, 15) is 0 Å². The lowest BCUT2D eigenvalue weighted by Gasteiger charge is -2.13. The van der Waals surface area contributed by atoms with E-state index in [-0.39, 0.29) is 0 Å². The molecule has 0 aliphatic carbocycles. The smallest absolute Gasteiger partial charge is 0.175 e. The minimum absolute atomic E-state index is 0.364. The normalized spacial score (nSPS) is 10.4. The van der Waals surface area contributed by atoms with Crippen molar-refractivity contribution in [2.75, 3.05) is 7.11 Å². The van der Waals surface area contributed by atoms with Crippen LogP contribution in [-0.4, -0.2) is 12.1 Å². The van der Waals surface area contributed by atoms with Gasteiger partial charge in [0.25, 0.3) is 0 Å². The average molecular weight is 422 g/mol. The van der Waals surface area contributed by atoms with Crippen LogP contribution < -0.4 is 9.47 Å². The Morgan fingerprint density at radius 3 is 2.65 bits per heavy atom. The summed E-state index contributed by atoms with van der Waals surface area (Å²) in [4.78, 5) is 4.26. The van der Waals surface area contributed by atoms with E-state index in [1.54, 1.807) is 13.3 Å². The number of ether oxygens (including phenoxy) is 2. The zero-order chi connectivity index (χ0) is 14.5. The van der Waals surface area contributed by atoms with Gasteiger partial charge in [0, 0.05) is 16.5 Å². The fourth-order valence-electron chi connectivity index (χ4n) is 1.63. The van der Waals surface area contributed by atoms with Crippen LogP contribution >= 0.6 is 43.5 Å². The van der Waals surface area contributed by atoms with Gasteiger partial charge in [-0.05, 0) is 61.7 Å². The van der Waals surface area contributed by atoms with Crippen LogP contribution in [0.25, 0.3) is 0 Å². The summed E-state index contributed by atoms with van der Waals surface area (Å²) in [5.41, 5.74) is 1.80. The van der Waals surface area contributed by atoms with Crippen LogP contribution in [0.2, 0.25) is 0 Å². The molecule has 0 saturated carbocycles. The van der Waals surface area contributed by atoms with Gasteiger partial charge in [-0.2, -0.15) is 0 Å². The molecule has 2 aromatic rings. The van der Waals surface area contributed by atoms with Crippen LogP contribution in [0.5, 0.6) is 11.5 Å². The van der Waals surface area contributed by atoms with Crippen molar-refractivity contribution >= 4 is 43.5 Å². The minimum Gasteiger partial charge on any atom is -0.493 e. The average Bonchev–Trinajstić information content (AvgIpc) is 2.47. The highest BCUT2D eigenvalue weighted by atomic mass is 79.9. The molecule has 0 spiro atoms. The molecule has 20 heavy (non-hydrogen) atoms. The quantitative estimate of drug-likeness (QED) is 0.642. The number of benzene rings is 1. The van der Waals surface area contributed by atoms with Gasteiger partial charge in [0.15, 0.2) is 11.5 Å². The standard InChI is InChI=1S/C14H12Br2ClNO2/c1-19-13-5-9(6-17)4-12(16)14(13)20-8-11-3-2-10(15)7-18-11/h2-5,7H,6,8H2,1H3. The maximum atomic E-state index is 5.84. The fourth-order valence-corrected chi connectivity index (χ4v) is 2.62. The highest BCUT2D eigenvalue weighted by Gasteiger charge is 2.12. The topological polar surface area (TPSA) is 31.4 Å². The molecule has 0 aliphatic rings. The summed E-state index contributed by atoms with van der Waals surface area (Å²) in [5.74, 6) is 1.71. The maximum Gasteiger partial charge on any atom is 0.175 e. The molecule has 0 N–H and O–H groups in total. The van der Waals surface area contributed by atoms with Crippen molar-refractivity contribution in [3.8, 4) is 11.5 Å². The van der Waals surface area contributed by atoms with Crippen LogP contribution in [0.3, 0.4) is 0 Å². The van der Waals surface area contributed by atoms with Crippen molar-refractivity contribution in [3.05, 3.63) is 50.7 Å². The van der Waals surface area contributed by atoms with Crippen molar-refractivity contribution in [2.24, 2.45) is 0 Å². The number of aromatic nitrogens is 1. The van der Waals surface area contributed by atoms with Gasteiger partial charge >= 0.3 is 0 Å². The molecule has 106 valence electrons. The molecule has 1 aromatic heterocycles. The van der Waals surface area contributed by atoms with Crippen LogP contribution in [0, 0.1) is 0 Å². The van der Waals surface area contributed by atoms with E-state index < -0.39 is 0 Å². The number of hydrogen-bond donors (Lipinski definition) is 0. The summed E-state index contributed by atoms with van der Waals surface area (Å²) in [6.07, 6.45) is 1.74. The summed E-state index contributed by atoms with van der Waals surface area (Å²) in [6, 6.07) is 7.61. The van der Waals surface area contributed by atoms with Crippen LogP contribution in [0.15, 0.2) is 39.4 Å². The maximum absolute atomic E-state index is 5.84. The Kier molecular flexibility index (Phi) is 5.69. The Hall–Kier alpha value is -0.780. The highest BCUT2D eigenvalue weighted by Crippen LogP contribution is 2.37. The first-order valence-corrected chi connectivity index (χ1v) is 7.91. The Morgan fingerprint density at radius 2 is 2.05 bits per heavy atom. The third kappa shape index (κ3) is 3.87. The van der Waals surface area contributed by atoms with Crippen LogP contribution in [0.1, 0.15) is 11.3 Å². The van der Waals surface area contributed by atoms with Crippen LogP contribution in [-0.2, 0) is 12.5 Å². The molecule has 0 radical (unpaired) electrons. The van der Waals surface area contributed by atoms with Gasteiger partial charge in [0.05, 0.1) is 17.3 Å². The van der Waals surface area contributed by atoms with Gasteiger partial charge in [-0.3, -0.25) is 4.98 Å². The number of rotatable bonds is 5. The van der Waals surface area contributed by atoms with E-state index in [0.717, 1.165) is 20.2 Å². The fraction of sp³-hybridized carbons (Fsp3) is 0.214. The summed E-state index contributed by atoms with van der Waals surface area (Å²) >= 11 is 12.7. The second kappa shape index (κ2) is 7.29. The summed E-state index contributed by atoms with van der Waals surface area (Å²) < 4.78 is 12.9. The molecule has 0 bridgehead atoms. The molecular formula is C14H12Br2ClNO2. The van der Waals surface area contributed by atoms with E-state index >= 15 is 0 Å². The minimum atomic E-state index is 0.364.